The molecule has 0 saturated heterocycles. The van der Waals surface area contributed by atoms with Crippen molar-refractivity contribution in [2.24, 2.45) is 0 Å². The molecule has 0 aromatic heterocycles. The molecule has 0 radical (unpaired) electrons. The summed E-state index contributed by atoms with van der Waals surface area (Å²) in [5.41, 5.74) is -0.135. The van der Waals surface area contributed by atoms with Gasteiger partial charge >= 0.3 is 0 Å². The number of nitrogens with one attached hydrogen (secondary N) is 1. The normalized spacial score (nSPS) is 27.3. The smallest absolute Gasteiger partial charge is 0.223 e. The summed E-state index contributed by atoms with van der Waals surface area (Å²) in [4.78, 5) is 12.0. The highest BCUT2D eigenvalue weighted by Gasteiger charge is 2.42. The Bertz CT molecular complexity index is 511. The van der Waals surface area contributed by atoms with Crippen molar-refractivity contribution in [2.75, 3.05) is 0 Å². The number of hydrogen-bond acceptors (Lipinski definition) is 2. The topological polar surface area (TPSA) is 49.3 Å². The van der Waals surface area contributed by atoms with E-state index < -0.39 is 5.60 Å². The number of carbonyl (C=O) groups is 1. The summed E-state index contributed by atoms with van der Waals surface area (Å²) < 4.78 is 13.6. The van der Waals surface area contributed by atoms with E-state index >= 15 is 0 Å². The Hall–Kier alpha value is -1.42. The molecule has 0 aliphatic heterocycles. The van der Waals surface area contributed by atoms with Gasteiger partial charge in [0.15, 0.2) is 0 Å². The quantitative estimate of drug-likeness (QED) is 0.888. The van der Waals surface area contributed by atoms with E-state index in [1.807, 2.05) is 6.07 Å². The van der Waals surface area contributed by atoms with Gasteiger partial charge in [0, 0.05) is 12.0 Å². The van der Waals surface area contributed by atoms with Crippen molar-refractivity contribution in [2.45, 2.75) is 56.1 Å². The van der Waals surface area contributed by atoms with Gasteiger partial charge in [-0.3, -0.25) is 4.79 Å². The molecule has 0 bridgehead atoms. The second-order valence-corrected chi connectivity index (χ2v) is 6.15. The number of hydrogen-bond donors (Lipinski definition) is 2. The summed E-state index contributed by atoms with van der Waals surface area (Å²) in [5, 5.41) is 13.1. The maximum absolute atomic E-state index is 13.6. The highest BCUT2D eigenvalue weighted by atomic mass is 19.1. The second kappa shape index (κ2) is 5.17. The van der Waals surface area contributed by atoms with E-state index in [1.54, 1.807) is 12.1 Å². The van der Waals surface area contributed by atoms with Gasteiger partial charge in [0.1, 0.15) is 5.82 Å². The van der Waals surface area contributed by atoms with Crippen LogP contribution in [0.5, 0.6) is 0 Å². The molecule has 20 heavy (non-hydrogen) atoms. The van der Waals surface area contributed by atoms with Crippen molar-refractivity contribution in [3.8, 4) is 0 Å². The monoisotopic (exact) mass is 277 g/mol. The number of carbonyl (C=O) groups excluding carboxylic acids is 1. The molecule has 2 atom stereocenters. The average molecular weight is 277 g/mol. The van der Waals surface area contributed by atoms with E-state index in [0.29, 0.717) is 18.4 Å². The van der Waals surface area contributed by atoms with E-state index in [2.05, 4.69) is 5.32 Å². The number of amides is 1. The zero-order valence-electron chi connectivity index (χ0n) is 11.4. The standard InChI is InChI=1S/C16H20FNO2/c17-13-6-2-1-5-11(13)12-9-14(12)18-15(19)10-16(20)7-3-4-8-16/h1-2,5-6,12,14,20H,3-4,7-10H2,(H,18,19). The van der Waals surface area contributed by atoms with E-state index in [-0.39, 0.29) is 30.1 Å². The number of aliphatic hydroxyl groups is 1. The molecule has 0 heterocycles. The summed E-state index contributed by atoms with van der Waals surface area (Å²) >= 11 is 0. The van der Waals surface area contributed by atoms with Crippen molar-refractivity contribution < 1.29 is 14.3 Å². The van der Waals surface area contributed by atoms with E-state index in [9.17, 15) is 14.3 Å². The summed E-state index contributed by atoms with van der Waals surface area (Å²) in [6.45, 7) is 0. The van der Waals surface area contributed by atoms with Crippen LogP contribution in [0, 0.1) is 5.82 Å². The van der Waals surface area contributed by atoms with E-state index in [1.165, 1.54) is 6.07 Å². The van der Waals surface area contributed by atoms with Crippen LogP contribution in [0.4, 0.5) is 4.39 Å². The third kappa shape index (κ3) is 2.85. The highest BCUT2D eigenvalue weighted by molar-refractivity contribution is 5.78. The van der Waals surface area contributed by atoms with Gasteiger partial charge in [-0.1, -0.05) is 31.0 Å². The molecule has 3 nitrogen and oxygen atoms in total. The largest absolute Gasteiger partial charge is 0.389 e. The maximum Gasteiger partial charge on any atom is 0.223 e. The molecule has 2 aliphatic rings. The van der Waals surface area contributed by atoms with Crippen LogP contribution in [0.2, 0.25) is 0 Å². The second-order valence-electron chi connectivity index (χ2n) is 6.15. The van der Waals surface area contributed by atoms with Crippen LogP contribution in [0.1, 0.15) is 50.0 Å². The zero-order chi connectivity index (χ0) is 14.2. The van der Waals surface area contributed by atoms with Crippen LogP contribution >= 0.6 is 0 Å². The van der Waals surface area contributed by atoms with Crippen molar-refractivity contribution >= 4 is 5.91 Å². The van der Waals surface area contributed by atoms with Gasteiger partial charge in [-0.15, -0.1) is 0 Å². The molecular weight excluding hydrogens is 257 g/mol. The fourth-order valence-corrected chi connectivity index (χ4v) is 3.24. The van der Waals surface area contributed by atoms with Crippen molar-refractivity contribution in [1.29, 1.82) is 0 Å². The number of benzene rings is 1. The highest BCUT2D eigenvalue weighted by Crippen LogP contribution is 2.42. The Kier molecular flexibility index (Phi) is 3.50. The van der Waals surface area contributed by atoms with Gasteiger partial charge < -0.3 is 10.4 Å². The summed E-state index contributed by atoms with van der Waals surface area (Å²) in [5.74, 6) is -0.236. The molecule has 108 valence electrons. The first kappa shape index (κ1) is 13.6. The van der Waals surface area contributed by atoms with Crippen molar-refractivity contribution in [3.05, 3.63) is 35.6 Å². The minimum atomic E-state index is -0.813. The van der Waals surface area contributed by atoms with Crippen LogP contribution in [0.15, 0.2) is 24.3 Å². The molecule has 1 aromatic carbocycles. The molecule has 2 saturated carbocycles. The lowest BCUT2D eigenvalue weighted by Crippen LogP contribution is -2.36. The molecule has 2 N–H and O–H groups in total. The molecule has 2 unspecified atom stereocenters. The molecule has 0 spiro atoms. The third-order valence-electron chi connectivity index (χ3n) is 4.47. The first-order chi connectivity index (χ1) is 9.57. The van der Waals surface area contributed by atoms with E-state index in [4.69, 9.17) is 0 Å². The van der Waals surface area contributed by atoms with Gasteiger partial charge in [0.2, 0.25) is 5.91 Å². The Morgan fingerprint density at radius 2 is 2.05 bits per heavy atom. The SMILES string of the molecule is O=C(CC1(O)CCCC1)NC1CC1c1ccccc1F. The van der Waals surface area contributed by atoms with Crippen LogP contribution in [-0.2, 0) is 4.79 Å². The minimum Gasteiger partial charge on any atom is -0.389 e. The Morgan fingerprint density at radius 3 is 2.75 bits per heavy atom. The summed E-state index contributed by atoms with van der Waals surface area (Å²) in [7, 11) is 0. The van der Waals surface area contributed by atoms with Gasteiger partial charge in [-0.25, -0.2) is 4.39 Å². The molecule has 1 aromatic rings. The van der Waals surface area contributed by atoms with E-state index in [0.717, 1.165) is 19.3 Å². The average Bonchev–Trinajstić information content (AvgIpc) is 3.01. The summed E-state index contributed by atoms with van der Waals surface area (Å²) in [6.07, 6.45) is 4.36. The van der Waals surface area contributed by atoms with Crippen LogP contribution in [0.3, 0.4) is 0 Å². The van der Waals surface area contributed by atoms with Crippen LogP contribution in [0.25, 0.3) is 0 Å². The van der Waals surface area contributed by atoms with Gasteiger partial charge in [-0.2, -0.15) is 0 Å². The molecule has 3 rings (SSSR count). The molecule has 2 fully saturated rings. The lowest BCUT2D eigenvalue weighted by atomic mass is 9.97. The summed E-state index contributed by atoms with van der Waals surface area (Å²) in [6, 6.07) is 6.73. The zero-order valence-corrected chi connectivity index (χ0v) is 11.4. The molecule has 4 heteroatoms. The van der Waals surface area contributed by atoms with Crippen LogP contribution in [-0.4, -0.2) is 22.7 Å². The fourth-order valence-electron chi connectivity index (χ4n) is 3.24. The maximum atomic E-state index is 13.6. The lowest BCUT2D eigenvalue weighted by Gasteiger charge is -2.21. The van der Waals surface area contributed by atoms with Crippen LogP contribution < -0.4 is 5.32 Å². The van der Waals surface area contributed by atoms with Gasteiger partial charge in [0.05, 0.1) is 12.0 Å². The van der Waals surface area contributed by atoms with Gasteiger partial charge in [-0.05, 0) is 30.9 Å². The molecule has 1 amide bonds. The Morgan fingerprint density at radius 1 is 1.35 bits per heavy atom. The van der Waals surface area contributed by atoms with Crippen molar-refractivity contribution in [1.82, 2.24) is 5.32 Å². The minimum absolute atomic E-state index is 0.0180. The number of rotatable bonds is 4. The number of halogens is 1. The van der Waals surface area contributed by atoms with Gasteiger partial charge in [0.25, 0.3) is 0 Å². The third-order valence-corrected chi connectivity index (χ3v) is 4.47. The molecule has 2 aliphatic carbocycles. The molecular formula is C16H20FNO2. The Labute approximate surface area is 118 Å². The fraction of sp³-hybridized carbons (Fsp3) is 0.562. The lowest BCUT2D eigenvalue weighted by molar-refractivity contribution is -0.126. The predicted octanol–water partition coefficient (Wildman–Crippen LogP) is 2.49. The first-order valence-corrected chi connectivity index (χ1v) is 7.34. The predicted molar refractivity (Wildman–Crippen MR) is 73.7 cm³/mol. The first-order valence-electron chi connectivity index (χ1n) is 7.34. The Balaban J connectivity index is 1.53. The van der Waals surface area contributed by atoms with Crippen molar-refractivity contribution in [3.63, 3.8) is 0 Å².